The Morgan fingerprint density at radius 1 is 0.909 bits per heavy atom. The minimum absolute atomic E-state index is 0.0214. The first-order valence-corrected chi connectivity index (χ1v) is 19.9. The van der Waals surface area contributed by atoms with Crippen molar-refractivity contribution < 1.29 is 38.6 Å². The summed E-state index contributed by atoms with van der Waals surface area (Å²) in [6, 6.07) is -3.31. The molecule has 13 heteroatoms. The first-order valence-electron chi connectivity index (χ1n) is 19.9. The normalized spacial score (nSPS) is 18.9. The van der Waals surface area contributed by atoms with Crippen LogP contribution in [0.2, 0.25) is 0 Å². The number of carboxylic acid groups (broad SMARTS) is 1. The van der Waals surface area contributed by atoms with E-state index in [0.29, 0.717) is 31.4 Å². The number of amides is 4. The Hall–Kier alpha value is -3.55. The average Bonchev–Trinajstić information content (AvgIpc) is 3.62. The Labute approximate surface area is 332 Å². The van der Waals surface area contributed by atoms with Crippen LogP contribution in [0.1, 0.15) is 94.4 Å². The Morgan fingerprint density at radius 3 is 1.95 bits per heavy atom. The molecule has 1 aliphatic heterocycles. The van der Waals surface area contributed by atoms with Crippen molar-refractivity contribution >= 4 is 29.6 Å². The molecule has 0 spiro atoms. The zero-order chi connectivity index (χ0) is 42.7. The molecule has 4 amide bonds. The van der Waals surface area contributed by atoms with E-state index in [-0.39, 0.29) is 48.3 Å². The van der Waals surface area contributed by atoms with E-state index in [1.54, 1.807) is 29.8 Å². The van der Waals surface area contributed by atoms with Crippen LogP contribution in [-0.4, -0.2) is 134 Å². The first kappa shape index (κ1) is 51.5. The SMILES string of the molecule is C=C/C=C(\C=C)CC(NC(=O)C(C)C(OC)C1CCCN1C(=O)CC(OC)C(C(C)CC)N(C)C(=O)[C@@H](NC(=O)C(C(C)C)N(C)C)C(C)C)C(=O)O.CC. The van der Waals surface area contributed by atoms with Crippen LogP contribution in [0.5, 0.6) is 0 Å². The van der Waals surface area contributed by atoms with Gasteiger partial charge in [0.25, 0.3) is 0 Å². The Kier molecular flexibility index (Phi) is 23.9. The number of aliphatic carboxylic acids is 1. The molecule has 0 aromatic carbocycles. The number of carboxylic acids is 1. The number of nitrogens with one attached hydrogen (secondary N) is 2. The summed E-state index contributed by atoms with van der Waals surface area (Å²) in [5.74, 6) is -3.36. The molecule has 316 valence electrons. The van der Waals surface area contributed by atoms with E-state index in [9.17, 15) is 29.1 Å². The molecule has 1 rings (SSSR count). The summed E-state index contributed by atoms with van der Waals surface area (Å²) in [6.45, 7) is 25.2. The number of rotatable bonds is 23. The highest BCUT2D eigenvalue weighted by molar-refractivity contribution is 5.90. The molecule has 1 aliphatic rings. The van der Waals surface area contributed by atoms with Crippen molar-refractivity contribution in [3.8, 4) is 0 Å². The van der Waals surface area contributed by atoms with Crippen molar-refractivity contribution in [2.75, 3.05) is 41.9 Å². The molecule has 0 aliphatic carbocycles. The van der Waals surface area contributed by atoms with Gasteiger partial charge in [-0.25, -0.2) is 4.79 Å². The van der Waals surface area contributed by atoms with Gasteiger partial charge in [-0.3, -0.25) is 24.1 Å². The van der Waals surface area contributed by atoms with Gasteiger partial charge in [-0.1, -0.05) is 100 Å². The standard InChI is InChI=1S/C40H69N5O8.C2H6/c1-15-19-28(17-3)22-29(40(50)51)41-37(47)27(9)36(53-14)30-20-18-21-45(30)32(46)23-31(52-13)35(26(8)16-2)44(12)39(49)33(24(4)5)42-38(48)34(25(6)7)43(10)11;1-2/h15,17,19,24-27,29-31,33-36H,1,3,16,18,20-23H2,2,4-14H3,(H,41,47)(H,42,48)(H,50,51);1-2H3/b28-19+;/t26?,27?,29?,30?,31?,33-,34?,35?,36?;/m0./s1. The van der Waals surface area contributed by atoms with E-state index < -0.39 is 60.2 Å². The van der Waals surface area contributed by atoms with Crippen molar-refractivity contribution in [3.05, 3.63) is 37.0 Å². The van der Waals surface area contributed by atoms with Crippen LogP contribution in [0, 0.1) is 23.7 Å². The van der Waals surface area contributed by atoms with Crippen LogP contribution in [0.15, 0.2) is 37.0 Å². The van der Waals surface area contributed by atoms with Crippen molar-refractivity contribution in [1.82, 2.24) is 25.3 Å². The molecule has 8 unspecified atom stereocenters. The second-order valence-electron chi connectivity index (χ2n) is 15.3. The summed E-state index contributed by atoms with van der Waals surface area (Å²) in [7, 11) is 8.41. The molecule has 0 aromatic rings. The van der Waals surface area contributed by atoms with Crippen LogP contribution in [0.25, 0.3) is 0 Å². The van der Waals surface area contributed by atoms with Crippen LogP contribution >= 0.6 is 0 Å². The summed E-state index contributed by atoms with van der Waals surface area (Å²) in [6.07, 6.45) is 5.33. The monoisotopic (exact) mass is 778 g/mol. The fourth-order valence-corrected chi connectivity index (χ4v) is 7.52. The number of nitrogens with zero attached hydrogens (tertiary/aromatic N) is 3. The third kappa shape index (κ3) is 14.8. The lowest BCUT2D eigenvalue weighted by atomic mass is 9.89. The second-order valence-corrected chi connectivity index (χ2v) is 15.3. The highest BCUT2D eigenvalue weighted by atomic mass is 16.5. The van der Waals surface area contributed by atoms with E-state index in [1.165, 1.54) is 26.4 Å². The first-order chi connectivity index (χ1) is 25.8. The lowest BCUT2D eigenvalue weighted by Gasteiger charge is -2.41. The summed E-state index contributed by atoms with van der Waals surface area (Å²) in [5, 5.41) is 15.5. The van der Waals surface area contributed by atoms with E-state index in [4.69, 9.17) is 9.47 Å². The van der Waals surface area contributed by atoms with Gasteiger partial charge in [0, 0.05) is 34.2 Å². The van der Waals surface area contributed by atoms with Gasteiger partial charge in [0.2, 0.25) is 23.6 Å². The summed E-state index contributed by atoms with van der Waals surface area (Å²) < 4.78 is 11.8. The fraction of sp³-hybridized carbons (Fsp3) is 0.738. The van der Waals surface area contributed by atoms with Gasteiger partial charge in [-0.2, -0.15) is 0 Å². The predicted octanol–water partition coefficient (Wildman–Crippen LogP) is 4.92. The predicted molar refractivity (Wildman–Crippen MR) is 219 cm³/mol. The lowest BCUT2D eigenvalue weighted by molar-refractivity contribution is -0.148. The van der Waals surface area contributed by atoms with Crippen LogP contribution in [0.4, 0.5) is 0 Å². The summed E-state index contributed by atoms with van der Waals surface area (Å²) in [4.78, 5) is 72.4. The number of likely N-dealkylation sites (N-methyl/N-ethyl adjacent to an activating group) is 2. The molecule has 9 atom stereocenters. The van der Waals surface area contributed by atoms with Crippen LogP contribution < -0.4 is 10.6 Å². The molecule has 13 nitrogen and oxygen atoms in total. The molecule has 0 aromatic heterocycles. The van der Waals surface area contributed by atoms with Gasteiger partial charge < -0.3 is 35.0 Å². The third-order valence-corrected chi connectivity index (χ3v) is 10.6. The molecule has 3 N–H and O–H groups in total. The van der Waals surface area contributed by atoms with Crippen LogP contribution in [-0.2, 0) is 33.4 Å². The number of ether oxygens (including phenoxy) is 2. The minimum Gasteiger partial charge on any atom is -0.480 e. The molecular weight excluding hydrogens is 702 g/mol. The number of hydrogen-bond donors (Lipinski definition) is 3. The summed E-state index contributed by atoms with van der Waals surface area (Å²) in [5.41, 5.74) is 0.612. The topological polar surface area (TPSA) is 158 Å². The quantitative estimate of drug-likeness (QED) is 0.123. The Bertz CT molecular complexity index is 1280. The number of likely N-dealkylation sites (tertiary alicyclic amines) is 1. The van der Waals surface area contributed by atoms with Gasteiger partial charge in [0.15, 0.2) is 0 Å². The fourth-order valence-electron chi connectivity index (χ4n) is 7.52. The maximum atomic E-state index is 14.2. The van der Waals surface area contributed by atoms with Crippen LogP contribution in [0.3, 0.4) is 0 Å². The Morgan fingerprint density at radius 2 is 1.51 bits per heavy atom. The lowest BCUT2D eigenvalue weighted by Crippen LogP contribution is -2.59. The summed E-state index contributed by atoms with van der Waals surface area (Å²) >= 11 is 0. The molecule has 1 fully saturated rings. The van der Waals surface area contributed by atoms with E-state index >= 15 is 0 Å². The molecule has 1 heterocycles. The van der Waals surface area contributed by atoms with Crippen molar-refractivity contribution in [1.29, 1.82) is 0 Å². The largest absolute Gasteiger partial charge is 0.480 e. The smallest absolute Gasteiger partial charge is 0.326 e. The highest BCUT2D eigenvalue weighted by Gasteiger charge is 2.43. The number of allylic oxidation sites excluding steroid dienone is 3. The molecule has 1 saturated heterocycles. The zero-order valence-corrected chi connectivity index (χ0v) is 36.4. The number of methoxy groups -OCH3 is 2. The molecule has 0 bridgehead atoms. The third-order valence-electron chi connectivity index (χ3n) is 10.6. The van der Waals surface area contributed by atoms with E-state index in [2.05, 4.69) is 23.8 Å². The maximum absolute atomic E-state index is 14.2. The average molecular weight is 778 g/mol. The molecule has 0 radical (unpaired) electrons. The van der Waals surface area contributed by atoms with Gasteiger partial charge in [0.05, 0.1) is 42.7 Å². The van der Waals surface area contributed by atoms with E-state index in [1.807, 2.05) is 74.4 Å². The highest BCUT2D eigenvalue weighted by Crippen LogP contribution is 2.30. The van der Waals surface area contributed by atoms with E-state index in [0.717, 1.165) is 0 Å². The minimum atomic E-state index is -1.19. The number of carbonyl (C=O) groups excluding carboxylic acids is 4. The van der Waals surface area contributed by atoms with Gasteiger partial charge >= 0.3 is 5.97 Å². The zero-order valence-electron chi connectivity index (χ0n) is 36.4. The van der Waals surface area contributed by atoms with Gasteiger partial charge in [0.1, 0.15) is 12.1 Å². The number of carbonyl (C=O) groups is 5. The molecule has 55 heavy (non-hydrogen) atoms. The maximum Gasteiger partial charge on any atom is 0.326 e. The van der Waals surface area contributed by atoms with Gasteiger partial charge in [-0.05, 0) is 50.3 Å². The van der Waals surface area contributed by atoms with Crippen molar-refractivity contribution in [2.24, 2.45) is 23.7 Å². The number of hydrogen-bond acceptors (Lipinski definition) is 8. The molecular formula is C42H75N5O8. The Balaban J connectivity index is 0.0000143. The van der Waals surface area contributed by atoms with Gasteiger partial charge in [-0.15, -0.1) is 0 Å². The second kappa shape index (κ2) is 25.6. The van der Waals surface area contributed by atoms with Crippen molar-refractivity contribution in [3.63, 3.8) is 0 Å². The molecule has 0 saturated carbocycles. The van der Waals surface area contributed by atoms with Crippen molar-refractivity contribution in [2.45, 2.75) is 137 Å².